The van der Waals surface area contributed by atoms with E-state index >= 15 is 0 Å². The second-order valence-corrected chi connectivity index (χ2v) is 4.87. The predicted molar refractivity (Wildman–Crippen MR) is 79.1 cm³/mol. The van der Waals surface area contributed by atoms with Crippen molar-refractivity contribution in [1.82, 2.24) is 0 Å². The zero-order valence-electron chi connectivity index (χ0n) is 13.2. The summed E-state index contributed by atoms with van der Waals surface area (Å²) in [5, 5.41) is 2.91. The Bertz CT molecular complexity index is 627. The number of carbonyl (C=O) groups is 2. The molecular formula is C15H19NO6. The minimum atomic E-state index is -1.50. The number of fused-ring (bicyclic) bond motifs is 1. The summed E-state index contributed by atoms with van der Waals surface area (Å²) >= 11 is 0. The summed E-state index contributed by atoms with van der Waals surface area (Å²) in [6, 6.07) is 1.52. The van der Waals surface area contributed by atoms with Crippen molar-refractivity contribution in [1.29, 1.82) is 0 Å². The Morgan fingerprint density at radius 3 is 2.32 bits per heavy atom. The summed E-state index contributed by atoms with van der Waals surface area (Å²) in [7, 11) is 4.37. The van der Waals surface area contributed by atoms with Gasteiger partial charge in [-0.3, -0.25) is 4.79 Å². The number of ketones is 1. The summed E-state index contributed by atoms with van der Waals surface area (Å²) in [6.45, 7) is 3.34. The van der Waals surface area contributed by atoms with Gasteiger partial charge in [-0.25, -0.2) is 4.79 Å². The molecule has 7 nitrogen and oxygen atoms in total. The van der Waals surface area contributed by atoms with Gasteiger partial charge in [-0.15, -0.1) is 0 Å². The quantitative estimate of drug-likeness (QED) is 0.654. The fourth-order valence-electron chi connectivity index (χ4n) is 2.45. The fraction of sp³-hybridized carbons (Fsp3) is 0.467. The third kappa shape index (κ3) is 2.13. The van der Waals surface area contributed by atoms with E-state index in [0.29, 0.717) is 28.5 Å². The Morgan fingerprint density at radius 1 is 1.18 bits per heavy atom. The van der Waals surface area contributed by atoms with E-state index in [9.17, 15) is 9.59 Å². The van der Waals surface area contributed by atoms with Crippen molar-refractivity contribution >= 4 is 17.4 Å². The topological polar surface area (TPSA) is 83.1 Å². The van der Waals surface area contributed by atoms with Gasteiger partial charge in [0.2, 0.25) is 11.5 Å². The maximum Gasteiger partial charge on any atom is 0.339 e. The van der Waals surface area contributed by atoms with E-state index in [4.69, 9.17) is 18.9 Å². The average molecular weight is 309 g/mol. The Balaban J connectivity index is 2.60. The first-order valence-electron chi connectivity index (χ1n) is 6.77. The molecule has 22 heavy (non-hydrogen) atoms. The van der Waals surface area contributed by atoms with Gasteiger partial charge in [0.15, 0.2) is 17.0 Å². The molecular weight excluding hydrogens is 290 g/mol. The summed E-state index contributed by atoms with van der Waals surface area (Å²) < 4.78 is 20.8. The van der Waals surface area contributed by atoms with Gasteiger partial charge < -0.3 is 24.3 Å². The monoisotopic (exact) mass is 309 g/mol. The lowest BCUT2D eigenvalue weighted by molar-refractivity contribution is -0.146. The highest BCUT2D eigenvalue weighted by Crippen LogP contribution is 2.49. The lowest BCUT2D eigenvalue weighted by Crippen LogP contribution is -2.47. The van der Waals surface area contributed by atoms with Crippen LogP contribution in [0.4, 0.5) is 5.69 Å². The van der Waals surface area contributed by atoms with E-state index in [0.717, 1.165) is 0 Å². The van der Waals surface area contributed by atoms with Gasteiger partial charge in [0.1, 0.15) is 0 Å². The van der Waals surface area contributed by atoms with Crippen molar-refractivity contribution in [2.24, 2.45) is 0 Å². The van der Waals surface area contributed by atoms with Crippen LogP contribution in [-0.2, 0) is 9.53 Å². The molecule has 1 N–H and O–H groups in total. The third-order valence-electron chi connectivity index (χ3n) is 3.59. The molecule has 0 fully saturated rings. The Labute approximate surface area is 128 Å². The van der Waals surface area contributed by atoms with E-state index in [2.05, 4.69) is 5.32 Å². The molecule has 1 aromatic rings. The molecule has 0 saturated carbocycles. The number of benzene rings is 1. The standard InChI is InChI=1S/C15H19NO6/c1-6-22-14(18)15(2)13(17)8-7-9(19-3)11(20-4)12(21-5)10(8)16-15/h7,16H,6H2,1-5H3. The Hall–Kier alpha value is -2.44. The summed E-state index contributed by atoms with van der Waals surface area (Å²) in [5.41, 5.74) is -0.811. The van der Waals surface area contributed by atoms with Gasteiger partial charge in [0, 0.05) is 0 Å². The molecule has 1 heterocycles. The number of anilines is 1. The van der Waals surface area contributed by atoms with Crippen LogP contribution in [0.1, 0.15) is 24.2 Å². The van der Waals surface area contributed by atoms with Crippen molar-refractivity contribution in [3.63, 3.8) is 0 Å². The van der Waals surface area contributed by atoms with Crippen LogP contribution in [0, 0.1) is 0 Å². The van der Waals surface area contributed by atoms with Gasteiger partial charge in [-0.2, -0.15) is 0 Å². The van der Waals surface area contributed by atoms with Crippen molar-refractivity contribution in [3.05, 3.63) is 11.6 Å². The first-order chi connectivity index (χ1) is 10.4. The lowest BCUT2D eigenvalue weighted by atomic mass is 9.96. The molecule has 1 aliphatic rings. The zero-order valence-corrected chi connectivity index (χ0v) is 13.2. The number of hydrogen-bond donors (Lipinski definition) is 1. The highest BCUT2D eigenvalue weighted by Gasteiger charge is 2.51. The number of ether oxygens (including phenoxy) is 4. The Kier molecular flexibility index (Phi) is 4.16. The molecule has 0 aliphatic carbocycles. The molecule has 0 spiro atoms. The maximum absolute atomic E-state index is 12.7. The van der Waals surface area contributed by atoms with E-state index in [1.54, 1.807) is 6.92 Å². The van der Waals surface area contributed by atoms with E-state index in [1.807, 2.05) is 0 Å². The van der Waals surface area contributed by atoms with Gasteiger partial charge in [-0.1, -0.05) is 0 Å². The van der Waals surface area contributed by atoms with Gasteiger partial charge in [-0.05, 0) is 19.9 Å². The maximum atomic E-state index is 12.7. The minimum Gasteiger partial charge on any atom is -0.493 e. The molecule has 1 unspecified atom stereocenters. The Morgan fingerprint density at radius 2 is 1.82 bits per heavy atom. The van der Waals surface area contributed by atoms with Crippen molar-refractivity contribution in [2.75, 3.05) is 33.3 Å². The fourth-order valence-corrected chi connectivity index (χ4v) is 2.45. The number of Topliss-reactive ketones (excluding diaryl/α,β-unsaturated/α-hetero) is 1. The smallest absolute Gasteiger partial charge is 0.339 e. The van der Waals surface area contributed by atoms with Gasteiger partial charge >= 0.3 is 5.97 Å². The lowest BCUT2D eigenvalue weighted by Gasteiger charge is -2.21. The number of methoxy groups -OCH3 is 3. The van der Waals surface area contributed by atoms with Crippen LogP contribution in [-0.4, -0.2) is 45.2 Å². The van der Waals surface area contributed by atoms with E-state index in [1.165, 1.54) is 34.3 Å². The second kappa shape index (κ2) is 5.75. The van der Waals surface area contributed by atoms with E-state index in [-0.39, 0.29) is 6.61 Å². The summed E-state index contributed by atoms with van der Waals surface area (Å²) in [5.74, 6) is -0.0480. The third-order valence-corrected chi connectivity index (χ3v) is 3.59. The molecule has 0 aromatic heterocycles. The highest BCUT2D eigenvalue weighted by atomic mass is 16.5. The second-order valence-electron chi connectivity index (χ2n) is 4.87. The first kappa shape index (κ1) is 15.9. The van der Waals surface area contributed by atoms with Crippen molar-refractivity contribution in [2.45, 2.75) is 19.4 Å². The van der Waals surface area contributed by atoms with Crippen LogP contribution in [0.3, 0.4) is 0 Å². The first-order valence-corrected chi connectivity index (χ1v) is 6.77. The number of rotatable bonds is 5. The largest absolute Gasteiger partial charge is 0.493 e. The SMILES string of the molecule is CCOC(=O)C1(C)Nc2c(cc(OC)c(OC)c2OC)C1=O. The molecule has 1 atom stereocenters. The number of esters is 1. The molecule has 0 saturated heterocycles. The predicted octanol–water partition coefficient (Wildman–Crippen LogP) is 1.64. The number of hydrogen-bond acceptors (Lipinski definition) is 7. The average Bonchev–Trinajstić information content (AvgIpc) is 2.78. The molecule has 0 radical (unpaired) electrons. The molecule has 2 rings (SSSR count). The van der Waals surface area contributed by atoms with Crippen LogP contribution in [0.25, 0.3) is 0 Å². The molecule has 0 bridgehead atoms. The van der Waals surface area contributed by atoms with Crippen LogP contribution in [0.15, 0.2) is 6.07 Å². The van der Waals surface area contributed by atoms with Crippen molar-refractivity contribution < 1.29 is 28.5 Å². The summed E-state index contributed by atoms with van der Waals surface area (Å²) in [6.07, 6.45) is 0. The van der Waals surface area contributed by atoms with Crippen LogP contribution >= 0.6 is 0 Å². The molecule has 1 aliphatic heterocycles. The van der Waals surface area contributed by atoms with Gasteiger partial charge in [0.25, 0.3) is 0 Å². The molecule has 120 valence electrons. The molecule has 0 amide bonds. The number of carbonyl (C=O) groups excluding carboxylic acids is 2. The minimum absolute atomic E-state index is 0.184. The van der Waals surface area contributed by atoms with Crippen LogP contribution < -0.4 is 19.5 Å². The number of nitrogens with one attached hydrogen (secondary N) is 1. The normalized spacial score (nSPS) is 19.2. The zero-order chi connectivity index (χ0) is 16.5. The van der Waals surface area contributed by atoms with Gasteiger partial charge in [0.05, 0.1) is 39.2 Å². The highest BCUT2D eigenvalue weighted by molar-refractivity contribution is 6.25. The molecule has 7 heteroatoms. The van der Waals surface area contributed by atoms with E-state index < -0.39 is 17.3 Å². The van der Waals surface area contributed by atoms with Crippen LogP contribution in [0.5, 0.6) is 17.2 Å². The molecule has 1 aromatic carbocycles. The summed E-state index contributed by atoms with van der Waals surface area (Å²) in [4.78, 5) is 24.8. The van der Waals surface area contributed by atoms with Crippen LogP contribution in [0.2, 0.25) is 0 Å². The van der Waals surface area contributed by atoms with Crippen molar-refractivity contribution in [3.8, 4) is 17.2 Å².